The van der Waals surface area contributed by atoms with Gasteiger partial charge in [0.15, 0.2) is 0 Å². The third kappa shape index (κ3) is 4.15. The van der Waals surface area contributed by atoms with Gasteiger partial charge in [0.2, 0.25) is 0 Å². The molecule has 0 spiro atoms. The number of carbonyl (C=O) groups is 2. The number of methoxy groups -OCH3 is 2. The average molecular weight is 408 g/mol. The van der Waals surface area contributed by atoms with Crippen LogP contribution in [0.15, 0.2) is 60.8 Å². The standard InChI is InChI=1S/C23H24N2O5/c1-5-11-25-22(26)20(15-7-9-17(10-8-15)30-6-2)21(23(25)27)24-16-12-18(28-3)14-19(13-16)29-4/h5,7-10,12-14,24H,1,6,11H2,2-4H3. The van der Waals surface area contributed by atoms with Gasteiger partial charge in [0, 0.05) is 30.4 Å². The zero-order valence-corrected chi connectivity index (χ0v) is 17.2. The van der Waals surface area contributed by atoms with Gasteiger partial charge < -0.3 is 19.5 Å². The highest BCUT2D eigenvalue weighted by Gasteiger charge is 2.38. The molecule has 0 saturated heterocycles. The van der Waals surface area contributed by atoms with Crippen LogP contribution in [-0.4, -0.2) is 44.1 Å². The van der Waals surface area contributed by atoms with Crippen LogP contribution in [0.25, 0.3) is 5.57 Å². The number of carbonyl (C=O) groups excluding carboxylic acids is 2. The molecule has 2 amide bonds. The fourth-order valence-electron chi connectivity index (χ4n) is 3.16. The molecule has 30 heavy (non-hydrogen) atoms. The summed E-state index contributed by atoms with van der Waals surface area (Å²) in [7, 11) is 3.08. The van der Waals surface area contributed by atoms with Gasteiger partial charge in [-0.2, -0.15) is 0 Å². The highest BCUT2D eigenvalue weighted by molar-refractivity contribution is 6.36. The Morgan fingerprint density at radius 3 is 2.13 bits per heavy atom. The van der Waals surface area contributed by atoms with Crippen LogP contribution >= 0.6 is 0 Å². The van der Waals surface area contributed by atoms with Crippen molar-refractivity contribution in [3.63, 3.8) is 0 Å². The minimum absolute atomic E-state index is 0.116. The van der Waals surface area contributed by atoms with E-state index in [1.165, 1.54) is 6.08 Å². The maximum Gasteiger partial charge on any atom is 0.278 e. The van der Waals surface area contributed by atoms with E-state index in [-0.39, 0.29) is 23.7 Å². The van der Waals surface area contributed by atoms with Crippen LogP contribution in [0.1, 0.15) is 12.5 Å². The van der Waals surface area contributed by atoms with E-state index in [4.69, 9.17) is 14.2 Å². The molecule has 1 aliphatic rings. The number of benzene rings is 2. The molecule has 0 saturated carbocycles. The van der Waals surface area contributed by atoms with Gasteiger partial charge in [0.25, 0.3) is 11.8 Å². The Morgan fingerprint density at radius 2 is 1.60 bits per heavy atom. The van der Waals surface area contributed by atoms with Crippen LogP contribution in [0.4, 0.5) is 5.69 Å². The number of nitrogens with zero attached hydrogens (tertiary/aromatic N) is 1. The highest BCUT2D eigenvalue weighted by atomic mass is 16.5. The lowest BCUT2D eigenvalue weighted by molar-refractivity contribution is -0.136. The SMILES string of the molecule is C=CCN1C(=O)C(Nc2cc(OC)cc(OC)c2)=C(c2ccc(OCC)cc2)C1=O. The quantitative estimate of drug-likeness (QED) is 0.506. The summed E-state index contributed by atoms with van der Waals surface area (Å²) in [6, 6.07) is 12.2. The Bertz CT molecular complexity index is 973. The third-order valence-corrected chi connectivity index (χ3v) is 4.55. The number of ether oxygens (including phenoxy) is 3. The minimum Gasteiger partial charge on any atom is -0.497 e. The number of rotatable bonds is 9. The molecule has 1 heterocycles. The highest BCUT2D eigenvalue weighted by Crippen LogP contribution is 2.33. The van der Waals surface area contributed by atoms with Crippen molar-refractivity contribution in [2.24, 2.45) is 0 Å². The number of hydrogen-bond donors (Lipinski definition) is 1. The number of imide groups is 1. The molecule has 0 atom stereocenters. The first kappa shape index (κ1) is 21.0. The van der Waals surface area contributed by atoms with Crippen LogP contribution in [0.5, 0.6) is 17.2 Å². The molecule has 0 unspecified atom stereocenters. The van der Waals surface area contributed by atoms with E-state index in [1.54, 1.807) is 56.7 Å². The lowest BCUT2D eigenvalue weighted by Gasteiger charge is -2.13. The van der Waals surface area contributed by atoms with Gasteiger partial charge in [-0.05, 0) is 24.6 Å². The molecule has 0 fully saturated rings. The zero-order chi connectivity index (χ0) is 21.7. The van der Waals surface area contributed by atoms with Crippen molar-refractivity contribution in [2.45, 2.75) is 6.92 Å². The van der Waals surface area contributed by atoms with Crippen molar-refractivity contribution in [1.29, 1.82) is 0 Å². The molecule has 1 aliphatic heterocycles. The largest absolute Gasteiger partial charge is 0.497 e. The van der Waals surface area contributed by atoms with Crippen molar-refractivity contribution in [3.05, 3.63) is 66.4 Å². The van der Waals surface area contributed by atoms with E-state index in [0.29, 0.717) is 35.1 Å². The maximum absolute atomic E-state index is 13.0. The normalized spacial score (nSPS) is 13.5. The summed E-state index contributed by atoms with van der Waals surface area (Å²) in [5.41, 5.74) is 1.64. The fourth-order valence-corrected chi connectivity index (χ4v) is 3.16. The molecule has 0 radical (unpaired) electrons. The van der Waals surface area contributed by atoms with Gasteiger partial charge in [-0.15, -0.1) is 6.58 Å². The van der Waals surface area contributed by atoms with Gasteiger partial charge in [-0.1, -0.05) is 18.2 Å². The number of amides is 2. The third-order valence-electron chi connectivity index (χ3n) is 4.55. The lowest BCUT2D eigenvalue weighted by atomic mass is 10.0. The second kappa shape index (κ2) is 9.17. The van der Waals surface area contributed by atoms with Crippen molar-refractivity contribution >= 4 is 23.1 Å². The number of anilines is 1. The number of nitrogens with one attached hydrogen (secondary N) is 1. The summed E-state index contributed by atoms with van der Waals surface area (Å²) in [4.78, 5) is 27.2. The molecule has 0 aromatic heterocycles. The summed E-state index contributed by atoms with van der Waals surface area (Å²) in [5.74, 6) is 0.986. The van der Waals surface area contributed by atoms with Crippen LogP contribution in [0.3, 0.4) is 0 Å². The smallest absolute Gasteiger partial charge is 0.278 e. The molecule has 0 aliphatic carbocycles. The lowest BCUT2D eigenvalue weighted by Crippen LogP contribution is -2.32. The van der Waals surface area contributed by atoms with Gasteiger partial charge >= 0.3 is 0 Å². The molecular weight excluding hydrogens is 384 g/mol. The van der Waals surface area contributed by atoms with Gasteiger partial charge in [-0.3, -0.25) is 14.5 Å². The second-order valence-corrected chi connectivity index (χ2v) is 6.44. The van der Waals surface area contributed by atoms with E-state index in [9.17, 15) is 9.59 Å². The van der Waals surface area contributed by atoms with Crippen molar-refractivity contribution in [1.82, 2.24) is 4.90 Å². The predicted molar refractivity (Wildman–Crippen MR) is 115 cm³/mol. The summed E-state index contributed by atoms with van der Waals surface area (Å²) < 4.78 is 16.1. The molecule has 156 valence electrons. The van der Waals surface area contributed by atoms with Crippen molar-refractivity contribution in [2.75, 3.05) is 32.7 Å². The van der Waals surface area contributed by atoms with E-state index >= 15 is 0 Å². The first-order valence-electron chi connectivity index (χ1n) is 9.47. The molecule has 2 aromatic carbocycles. The maximum atomic E-state index is 13.0. The van der Waals surface area contributed by atoms with Crippen LogP contribution in [-0.2, 0) is 9.59 Å². The van der Waals surface area contributed by atoms with Gasteiger partial charge in [0.1, 0.15) is 22.9 Å². The Hall–Kier alpha value is -3.74. The summed E-state index contributed by atoms with van der Waals surface area (Å²) in [6.07, 6.45) is 1.52. The molecule has 1 N–H and O–H groups in total. The van der Waals surface area contributed by atoms with E-state index in [0.717, 1.165) is 4.90 Å². The van der Waals surface area contributed by atoms with Crippen LogP contribution in [0, 0.1) is 0 Å². The first-order chi connectivity index (χ1) is 14.5. The van der Waals surface area contributed by atoms with E-state index < -0.39 is 5.91 Å². The summed E-state index contributed by atoms with van der Waals surface area (Å²) in [5, 5.41) is 3.09. The molecule has 7 heteroatoms. The average Bonchev–Trinajstić information content (AvgIpc) is 2.99. The zero-order valence-electron chi connectivity index (χ0n) is 17.2. The number of hydrogen-bond acceptors (Lipinski definition) is 6. The molecule has 0 bridgehead atoms. The minimum atomic E-state index is -0.425. The molecule has 3 rings (SSSR count). The monoisotopic (exact) mass is 408 g/mol. The van der Waals surface area contributed by atoms with Gasteiger partial charge in [0.05, 0.1) is 26.4 Å². The van der Waals surface area contributed by atoms with E-state index in [1.807, 2.05) is 6.92 Å². The molecule has 7 nitrogen and oxygen atoms in total. The fraction of sp³-hybridized carbons (Fsp3) is 0.217. The summed E-state index contributed by atoms with van der Waals surface area (Å²) in [6.45, 7) is 6.19. The second-order valence-electron chi connectivity index (χ2n) is 6.44. The van der Waals surface area contributed by atoms with Crippen molar-refractivity contribution in [3.8, 4) is 17.2 Å². The molecular formula is C23H24N2O5. The Kier molecular flexibility index (Phi) is 6.41. The summed E-state index contributed by atoms with van der Waals surface area (Å²) >= 11 is 0. The Labute approximate surface area is 175 Å². The van der Waals surface area contributed by atoms with E-state index in [2.05, 4.69) is 11.9 Å². The van der Waals surface area contributed by atoms with Crippen molar-refractivity contribution < 1.29 is 23.8 Å². The van der Waals surface area contributed by atoms with Crippen LogP contribution < -0.4 is 19.5 Å². The Balaban J connectivity index is 2.06. The van der Waals surface area contributed by atoms with Gasteiger partial charge in [-0.25, -0.2) is 0 Å². The van der Waals surface area contributed by atoms with Crippen LogP contribution in [0.2, 0.25) is 0 Å². The predicted octanol–water partition coefficient (Wildman–Crippen LogP) is 3.48. The first-order valence-corrected chi connectivity index (χ1v) is 9.47. The molecule has 2 aromatic rings. The Morgan fingerprint density at radius 1 is 0.967 bits per heavy atom. The topological polar surface area (TPSA) is 77.1 Å².